The van der Waals surface area contributed by atoms with Crippen LogP contribution in [0, 0.1) is 5.51 Å². The van der Waals surface area contributed by atoms with Gasteiger partial charge in [0.25, 0.3) is 5.91 Å². The first-order valence-corrected chi connectivity index (χ1v) is 7.66. The van der Waals surface area contributed by atoms with Crippen LogP contribution in [0.4, 0.5) is 18.9 Å². The summed E-state index contributed by atoms with van der Waals surface area (Å²) < 4.78 is 37.5. The smallest absolute Gasteiger partial charge is 0.322 e. The molecule has 1 amide bonds. The Morgan fingerprint density at radius 1 is 1.04 bits per heavy atom. The average molecular weight is 347 g/mol. The first kappa shape index (κ1) is 16.2. The summed E-state index contributed by atoms with van der Waals surface area (Å²) in [6.45, 7) is 0. The van der Waals surface area contributed by atoms with Crippen LogP contribution < -0.4 is 5.32 Å². The predicted octanol–water partition coefficient (Wildman–Crippen LogP) is 4.88. The molecular weight excluding hydrogens is 337 g/mol. The van der Waals surface area contributed by atoms with E-state index in [1.165, 1.54) is 11.3 Å². The number of halogens is 3. The maximum Gasteiger partial charge on any atom is 0.416 e. The number of amides is 1. The second-order valence-corrected chi connectivity index (χ2v) is 5.75. The van der Waals surface area contributed by atoms with Gasteiger partial charge < -0.3 is 5.32 Å². The SMILES string of the molecule is O=C(Nc1ccc(-c2cn[c]s2)cc1)c1ccc(C(F)(F)F)cc1. The molecule has 0 atom stereocenters. The third kappa shape index (κ3) is 3.62. The highest BCUT2D eigenvalue weighted by Crippen LogP contribution is 2.29. The zero-order valence-corrected chi connectivity index (χ0v) is 12.9. The van der Waals surface area contributed by atoms with Gasteiger partial charge in [0.1, 0.15) is 0 Å². The summed E-state index contributed by atoms with van der Waals surface area (Å²) in [5.74, 6) is -0.470. The fourth-order valence-corrected chi connectivity index (χ4v) is 2.62. The third-order valence-corrected chi connectivity index (χ3v) is 4.05. The van der Waals surface area contributed by atoms with E-state index in [-0.39, 0.29) is 5.56 Å². The highest BCUT2D eigenvalue weighted by atomic mass is 32.1. The molecule has 0 aliphatic rings. The molecule has 3 aromatic rings. The standard InChI is InChI=1S/C17H10F3N2OS/c18-17(19,20)13-5-1-12(2-6-13)16(23)22-14-7-3-11(4-8-14)15-9-21-10-24-15/h1-9H,(H,22,23). The van der Waals surface area contributed by atoms with Crippen LogP contribution in [0.5, 0.6) is 0 Å². The highest BCUT2D eigenvalue weighted by Gasteiger charge is 2.30. The number of carbonyl (C=O) groups is 1. The lowest BCUT2D eigenvalue weighted by atomic mass is 10.1. The summed E-state index contributed by atoms with van der Waals surface area (Å²) >= 11 is 1.38. The normalized spacial score (nSPS) is 11.3. The van der Waals surface area contributed by atoms with Crippen LogP contribution in [0.3, 0.4) is 0 Å². The number of carbonyl (C=O) groups excluding carboxylic acids is 1. The van der Waals surface area contributed by atoms with E-state index in [2.05, 4.69) is 15.8 Å². The van der Waals surface area contributed by atoms with E-state index in [1.807, 2.05) is 12.1 Å². The number of thiazole rings is 1. The van der Waals surface area contributed by atoms with Crippen LogP contribution in [-0.4, -0.2) is 10.9 Å². The van der Waals surface area contributed by atoms with Gasteiger partial charge >= 0.3 is 6.18 Å². The van der Waals surface area contributed by atoms with E-state index in [4.69, 9.17) is 0 Å². The molecule has 1 heterocycles. The second kappa shape index (κ2) is 6.45. The minimum Gasteiger partial charge on any atom is -0.322 e. The van der Waals surface area contributed by atoms with Crippen molar-refractivity contribution in [2.24, 2.45) is 0 Å². The third-order valence-electron chi connectivity index (χ3n) is 3.29. The molecule has 0 saturated carbocycles. The number of nitrogens with one attached hydrogen (secondary N) is 1. The van der Waals surface area contributed by atoms with E-state index in [0.717, 1.165) is 34.7 Å². The minimum absolute atomic E-state index is 0.157. The summed E-state index contributed by atoms with van der Waals surface area (Å²) in [6, 6.07) is 11.2. The van der Waals surface area contributed by atoms with Crippen molar-refractivity contribution in [2.45, 2.75) is 6.18 Å². The quantitative estimate of drug-likeness (QED) is 0.734. The summed E-state index contributed by atoms with van der Waals surface area (Å²) in [5, 5.41) is 2.65. The molecule has 7 heteroatoms. The molecule has 2 aromatic carbocycles. The number of benzene rings is 2. The Kier molecular flexibility index (Phi) is 4.35. The molecule has 1 radical (unpaired) electrons. The summed E-state index contributed by atoms with van der Waals surface area (Å²) in [7, 11) is 0. The van der Waals surface area contributed by atoms with E-state index in [1.54, 1.807) is 18.3 Å². The fourth-order valence-electron chi connectivity index (χ4n) is 2.05. The molecule has 1 N–H and O–H groups in total. The Bertz CT molecular complexity index is 826. The van der Waals surface area contributed by atoms with Crippen LogP contribution in [0.25, 0.3) is 10.4 Å². The van der Waals surface area contributed by atoms with E-state index >= 15 is 0 Å². The molecule has 0 saturated heterocycles. The average Bonchev–Trinajstić information content (AvgIpc) is 3.09. The summed E-state index contributed by atoms with van der Waals surface area (Å²) in [4.78, 5) is 16.9. The Hall–Kier alpha value is -2.67. The number of hydrogen-bond donors (Lipinski definition) is 1. The van der Waals surface area contributed by atoms with Gasteiger partial charge in [-0.2, -0.15) is 13.2 Å². The first-order chi connectivity index (χ1) is 11.4. The number of hydrogen-bond acceptors (Lipinski definition) is 3. The maximum absolute atomic E-state index is 12.5. The van der Waals surface area contributed by atoms with Gasteiger partial charge in [0.05, 0.1) is 10.4 Å². The van der Waals surface area contributed by atoms with Crippen molar-refractivity contribution in [2.75, 3.05) is 5.32 Å². The lowest BCUT2D eigenvalue weighted by molar-refractivity contribution is -0.137. The van der Waals surface area contributed by atoms with Crippen molar-refractivity contribution in [3.8, 4) is 10.4 Å². The van der Waals surface area contributed by atoms with Crippen LogP contribution in [0.15, 0.2) is 54.7 Å². The molecule has 1 aromatic heterocycles. The second-order valence-electron chi connectivity index (χ2n) is 4.92. The molecule has 24 heavy (non-hydrogen) atoms. The molecule has 0 spiro atoms. The molecule has 121 valence electrons. The van der Waals surface area contributed by atoms with Crippen molar-refractivity contribution in [3.63, 3.8) is 0 Å². The van der Waals surface area contributed by atoms with E-state index < -0.39 is 17.6 Å². The van der Waals surface area contributed by atoms with Crippen molar-refractivity contribution >= 4 is 22.9 Å². The Balaban J connectivity index is 1.70. The van der Waals surface area contributed by atoms with Gasteiger partial charge in [-0.25, -0.2) is 4.98 Å². The number of aromatic nitrogens is 1. The lowest BCUT2D eigenvalue weighted by Crippen LogP contribution is -2.12. The molecule has 0 fully saturated rings. The first-order valence-electron chi connectivity index (χ1n) is 6.84. The molecule has 3 nitrogen and oxygen atoms in total. The van der Waals surface area contributed by atoms with Crippen LogP contribution >= 0.6 is 11.3 Å². The van der Waals surface area contributed by atoms with Gasteiger partial charge in [-0.3, -0.25) is 4.79 Å². The molecular formula is C17H10F3N2OS. The lowest BCUT2D eigenvalue weighted by Gasteiger charge is -2.08. The van der Waals surface area contributed by atoms with Gasteiger partial charge in [0, 0.05) is 17.4 Å². The topological polar surface area (TPSA) is 42.0 Å². The molecule has 0 bridgehead atoms. The molecule has 0 unspecified atom stereocenters. The minimum atomic E-state index is -4.42. The number of anilines is 1. The Labute approximate surface area is 139 Å². The zero-order valence-electron chi connectivity index (χ0n) is 12.1. The number of nitrogens with zero attached hydrogens (tertiary/aromatic N) is 1. The van der Waals surface area contributed by atoms with Crippen molar-refractivity contribution in [1.82, 2.24) is 4.98 Å². The van der Waals surface area contributed by atoms with Crippen LogP contribution in [0.1, 0.15) is 15.9 Å². The van der Waals surface area contributed by atoms with E-state index in [0.29, 0.717) is 5.69 Å². The van der Waals surface area contributed by atoms with Crippen molar-refractivity contribution in [1.29, 1.82) is 0 Å². The van der Waals surface area contributed by atoms with Crippen molar-refractivity contribution < 1.29 is 18.0 Å². The van der Waals surface area contributed by atoms with Gasteiger partial charge in [-0.15, -0.1) is 11.3 Å². The van der Waals surface area contributed by atoms with E-state index in [9.17, 15) is 18.0 Å². The van der Waals surface area contributed by atoms with Gasteiger partial charge in [-0.05, 0) is 42.0 Å². The zero-order chi connectivity index (χ0) is 17.2. The highest BCUT2D eigenvalue weighted by molar-refractivity contribution is 7.12. The molecule has 0 aliphatic heterocycles. The van der Waals surface area contributed by atoms with Gasteiger partial charge in [0.15, 0.2) is 5.51 Å². The van der Waals surface area contributed by atoms with Gasteiger partial charge in [-0.1, -0.05) is 12.1 Å². The summed E-state index contributed by atoms with van der Waals surface area (Å²) in [6.07, 6.45) is -2.72. The van der Waals surface area contributed by atoms with Crippen molar-refractivity contribution in [3.05, 3.63) is 71.4 Å². The summed E-state index contributed by atoms with van der Waals surface area (Å²) in [5.41, 5.74) is 3.62. The predicted molar refractivity (Wildman–Crippen MR) is 85.8 cm³/mol. The maximum atomic E-state index is 12.5. The number of alkyl halides is 3. The van der Waals surface area contributed by atoms with Gasteiger partial charge in [0.2, 0.25) is 0 Å². The molecule has 3 rings (SSSR count). The fraction of sp³-hybridized carbons (Fsp3) is 0.0588. The molecule has 0 aliphatic carbocycles. The Morgan fingerprint density at radius 3 is 2.25 bits per heavy atom. The van der Waals surface area contributed by atoms with Crippen LogP contribution in [-0.2, 0) is 6.18 Å². The number of rotatable bonds is 3. The monoisotopic (exact) mass is 347 g/mol. The van der Waals surface area contributed by atoms with Crippen LogP contribution in [0.2, 0.25) is 0 Å². The Morgan fingerprint density at radius 2 is 1.71 bits per heavy atom. The largest absolute Gasteiger partial charge is 0.416 e.